The van der Waals surface area contributed by atoms with Gasteiger partial charge in [0.2, 0.25) is 0 Å². The zero-order chi connectivity index (χ0) is 8.91. The summed E-state index contributed by atoms with van der Waals surface area (Å²) in [5.41, 5.74) is -0.252. The molecule has 0 heterocycles. The first-order valence-electron chi connectivity index (χ1n) is 3.82. The minimum absolute atomic E-state index is 0.163. The molecule has 0 spiro atoms. The highest BCUT2D eigenvalue weighted by Crippen LogP contribution is 2.14. The van der Waals surface area contributed by atoms with Gasteiger partial charge in [0.25, 0.3) is 0 Å². The molecule has 0 saturated heterocycles. The molecular formula is C10H16O. The van der Waals surface area contributed by atoms with Crippen molar-refractivity contribution in [2.45, 2.75) is 27.7 Å². The van der Waals surface area contributed by atoms with Crippen molar-refractivity contribution in [1.82, 2.24) is 0 Å². The minimum atomic E-state index is -0.252. The van der Waals surface area contributed by atoms with Gasteiger partial charge in [0, 0.05) is 5.41 Å². The molecule has 0 atom stereocenters. The maximum atomic E-state index is 11.2. The Balaban J connectivity index is 4.08. The lowest BCUT2D eigenvalue weighted by molar-refractivity contribution is -0.121. The first-order chi connectivity index (χ1) is 4.98. The highest BCUT2D eigenvalue weighted by molar-refractivity contribution is 5.94. The fraction of sp³-hybridized carbons (Fsp3) is 0.500. The summed E-state index contributed by atoms with van der Waals surface area (Å²) in [5, 5.41) is 0. The molecule has 0 fully saturated rings. The molecule has 1 nitrogen and oxygen atoms in total. The summed E-state index contributed by atoms with van der Waals surface area (Å²) < 4.78 is 0. The predicted octanol–water partition coefficient (Wildman–Crippen LogP) is 2.73. The summed E-state index contributed by atoms with van der Waals surface area (Å²) in [7, 11) is 0. The first kappa shape index (κ1) is 10.2. The van der Waals surface area contributed by atoms with E-state index in [9.17, 15) is 4.79 Å². The summed E-state index contributed by atoms with van der Waals surface area (Å²) in [6.07, 6.45) is 7.13. The van der Waals surface area contributed by atoms with Crippen molar-refractivity contribution in [3.63, 3.8) is 0 Å². The second-order valence-corrected chi connectivity index (χ2v) is 3.50. The summed E-state index contributed by atoms with van der Waals surface area (Å²) in [5.74, 6) is 0.163. The van der Waals surface area contributed by atoms with Crippen molar-refractivity contribution in [1.29, 1.82) is 0 Å². The molecule has 1 heteroatoms. The lowest BCUT2D eigenvalue weighted by atomic mass is 9.91. The lowest BCUT2D eigenvalue weighted by Gasteiger charge is -2.12. The molecule has 0 aromatic carbocycles. The van der Waals surface area contributed by atoms with Crippen LogP contribution in [0.25, 0.3) is 0 Å². The van der Waals surface area contributed by atoms with Gasteiger partial charge >= 0.3 is 0 Å². The Morgan fingerprint density at radius 3 is 2.09 bits per heavy atom. The number of allylic oxidation sites excluding steroid dienone is 4. The molecule has 0 aromatic rings. The van der Waals surface area contributed by atoms with Crippen LogP contribution in [0.15, 0.2) is 24.3 Å². The smallest absolute Gasteiger partial charge is 0.160 e. The van der Waals surface area contributed by atoms with E-state index in [0.717, 1.165) is 0 Å². The second kappa shape index (κ2) is 4.12. The van der Waals surface area contributed by atoms with Crippen LogP contribution in [0.2, 0.25) is 0 Å². The molecule has 0 N–H and O–H groups in total. The van der Waals surface area contributed by atoms with Crippen LogP contribution in [-0.2, 0) is 4.79 Å². The first-order valence-corrected chi connectivity index (χ1v) is 3.82. The number of rotatable bonds is 2. The number of hydrogen-bond donors (Lipinski definition) is 0. The lowest BCUT2D eigenvalue weighted by Crippen LogP contribution is -2.17. The van der Waals surface area contributed by atoms with Gasteiger partial charge in [-0.05, 0) is 13.0 Å². The predicted molar refractivity (Wildman–Crippen MR) is 48.4 cm³/mol. The standard InChI is InChI=1S/C10H16O/c1-5-6-7-8-9(11)10(2,3)4/h5-8H,1-4H3/b6-5+,8-7+. The Bertz CT molecular complexity index is 180. The number of hydrogen-bond acceptors (Lipinski definition) is 1. The van der Waals surface area contributed by atoms with Crippen LogP contribution in [0.1, 0.15) is 27.7 Å². The van der Waals surface area contributed by atoms with Crippen LogP contribution in [0, 0.1) is 5.41 Å². The van der Waals surface area contributed by atoms with Crippen LogP contribution >= 0.6 is 0 Å². The fourth-order valence-corrected chi connectivity index (χ4v) is 0.504. The molecule has 0 amide bonds. The highest BCUT2D eigenvalue weighted by atomic mass is 16.1. The quantitative estimate of drug-likeness (QED) is 0.439. The topological polar surface area (TPSA) is 17.1 Å². The molecule has 0 saturated carbocycles. The summed E-state index contributed by atoms with van der Waals surface area (Å²) in [6.45, 7) is 7.66. The van der Waals surface area contributed by atoms with Crippen molar-refractivity contribution < 1.29 is 4.79 Å². The van der Waals surface area contributed by atoms with E-state index >= 15 is 0 Å². The zero-order valence-corrected chi connectivity index (χ0v) is 7.72. The van der Waals surface area contributed by atoms with Gasteiger partial charge in [-0.25, -0.2) is 0 Å². The van der Waals surface area contributed by atoms with Crippen LogP contribution in [0.5, 0.6) is 0 Å². The average Bonchev–Trinajstić information content (AvgIpc) is 1.86. The van der Waals surface area contributed by atoms with Crippen LogP contribution in [0.3, 0.4) is 0 Å². The third kappa shape index (κ3) is 4.54. The summed E-state index contributed by atoms with van der Waals surface area (Å²) in [4.78, 5) is 11.2. The average molecular weight is 152 g/mol. The van der Waals surface area contributed by atoms with Crippen LogP contribution in [0.4, 0.5) is 0 Å². The van der Waals surface area contributed by atoms with E-state index in [1.165, 1.54) is 0 Å². The van der Waals surface area contributed by atoms with Crippen LogP contribution < -0.4 is 0 Å². The SMILES string of the molecule is C/C=C/C=C/C(=O)C(C)(C)C. The molecule has 0 unspecified atom stereocenters. The van der Waals surface area contributed by atoms with E-state index in [0.29, 0.717) is 0 Å². The van der Waals surface area contributed by atoms with E-state index in [1.54, 1.807) is 12.2 Å². The van der Waals surface area contributed by atoms with E-state index in [2.05, 4.69) is 0 Å². The van der Waals surface area contributed by atoms with Gasteiger partial charge < -0.3 is 0 Å². The van der Waals surface area contributed by atoms with E-state index in [-0.39, 0.29) is 11.2 Å². The molecular weight excluding hydrogens is 136 g/mol. The van der Waals surface area contributed by atoms with Crippen LogP contribution in [-0.4, -0.2) is 5.78 Å². The second-order valence-electron chi connectivity index (χ2n) is 3.50. The maximum Gasteiger partial charge on any atom is 0.160 e. The molecule has 0 rings (SSSR count). The maximum absolute atomic E-state index is 11.2. The molecule has 0 aliphatic rings. The van der Waals surface area contributed by atoms with Gasteiger partial charge in [0.15, 0.2) is 5.78 Å². The third-order valence-electron chi connectivity index (χ3n) is 1.29. The monoisotopic (exact) mass is 152 g/mol. The Morgan fingerprint density at radius 1 is 1.18 bits per heavy atom. The van der Waals surface area contributed by atoms with Crippen molar-refractivity contribution in [2.75, 3.05) is 0 Å². The van der Waals surface area contributed by atoms with Gasteiger partial charge in [-0.1, -0.05) is 39.0 Å². The van der Waals surface area contributed by atoms with Crippen molar-refractivity contribution in [3.8, 4) is 0 Å². The molecule has 0 radical (unpaired) electrons. The molecule has 0 bridgehead atoms. The Kier molecular flexibility index (Phi) is 3.80. The van der Waals surface area contributed by atoms with Crippen molar-refractivity contribution >= 4 is 5.78 Å². The fourth-order valence-electron chi connectivity index (χ4n) is 0.504. The number of carbonyl (C=O) groups is 1. The molecule has 0 aliphatic heterocycles. The largest absolute Gasteiger partial charge is 0.294 e. The summed E-state index contributed by atoms with van der Waals surface area (Å²) >= 11 is 0. The van der Waals surface area contributed by atoms with Gasteiger partial charge in [0.1, 0.15) is 0 Å². The minimum Gasteiger partial charge on any atom is -0.294 e. The van der Waals surface area contributed by atoms with Gasteiger partial charge in [-0.15, -0.1) is 0 Å². The Labute approximate surface area is 68.8 Å². The van der Waals surface area contributed by atoms with Gasteiger partial charge in [0.05, 0.1) is 0 Å². The number of carbonyl (C=O) groups excluding carboxylic acids is 1. The van der Waals surface area contributed by atoms with E-state index < -0.39 is 0 Å². The highest BCUT2D eigenvalue weighted by Gasteiger charge is 2.17. The molecule has 11 heavy (non-hydrogen) atoms. The Morgan fingerprint density at radius 2 is 1.73 bits per heavy atom. The van der Waals surface area contributed by atoms with E-state index in [1.807, 2.05) is 39.8 Å². The van der Waals surface area contributed by atoms with Gasteiger partial charge in [-0.2, -0.15) is 0 Å². The third-order valence-corrected chi connectivity index (χ3v) is 1.29. The molecule has 0 aliphatic carbocycles. The zero-order valence-electron chi connectivity index (χ0n) is 7.72. The normalized spacial score (nSPS) is 13.1. The van der Waals surface area contributed by atoms with Gasteiger partial charge in [-0.3, -0.25) is 4.79 Å². The van der Waals surface area contributed by atoms with Crippen molar-refractivity contribution in [2.24, 2.45) is 5.41 Å². The Hall–Kier alpha value is -0.850. The number of ketones is 1. The molecule has 62 valence electrons. The van der Waals surface area contributed by atoms with Crippen molar-refractivity contribution in [3.05, 3.63) is 24.3 Å². The van der Waals surface area contributed by atoms with E-state index in [4.69, 9.17) is 0 Å². The molecule has 0 aromatic heterocycles. The summed E-state index contributed by atoms with van der Waals surface area (Å²) in [6, 6.07) is 0.